The highest BCUT2D eigenvalue weighted by Crippen LogP contribution is 2.38. The molecule has 4 aromatic rings. The van der Waals surface area contributed by atoms with Crippen molar-refractivity contribution < 1.29 is 8.83 Å². The molecule has 1 atom stereocenters. The summed E-state index contributed by atoms with van der Waals surface area (Å²) in [5, 5.41) is 5.81. The van der Waals surface area contributed by atoms with E-state index in [1.54, 1.807) is 23.7 Å². The molecule has 0 aromatic carbocycles. The number of nitrogens with zero attached hydrogens (tertiary/aromatic N) is 2. The molecule has 0 radical (unpaired) electrons. The van der Waals surface area contributed by atoms with Crippen LogP contribution in [0.2, 0.25) is 5.15 Å². The molecular formula is C19H19ClN4O2S. The Hall–Kier alpha value is -2.35. The first-order valence-corrected chi connectivity index (χ1v) is 9.83. The summed E-state index contributed by atoms with van der Waals surface area (Å²) in [4.78, 5) is 10.1. The molecule has 0 aliphatic rings. The average molecular weight is 403 g/mol. The Bertz CT molecular complexity index is 1070. The molecule has 27 heavy (non-hydrogen) atoms. The third-order valence-electron chi connectivity index (χ3n) is 4.06. The fraction of sp³-hybridized carbons (Fsp3) is 0.263. The molecule has 140 valence electrons. The monoisotopic (exact) mass is 402 g/mol. The van der Waals surface area contributed by atoms with Gasteiger partial charge in [0, 0.05) is 30.0 Å². The molecule has 6 nitrogen and oxygen atoms in total. The van der Waals surface area contributed by atoms with Crippen molar-refractivity contribution in [3.05, 3.63) is 51.3 Å². The standard InChI is InChI=1S/C19H19ClN4O2S/c1-10(21)6-14-16(19-23-11(2)9-25-19)17-18(26-14)13(7-15(20)24-17)22-8-12-4-3-5-27-12/h3-5,7,9-10H,6,8,21H2,1-2H3,(H,22,24)/t10-/m0/s1. The first kappa shape index (κ1) is 18.0. The zero-order valence-electron chi connectivity index (χ0n) is 15.0. The van der Waals surface area contributed by atoms with Crippen molar-refractivity contribution in [1.29, 1.82) is 0 Å². The van der Waals surface area contributed by atoms with Crippen molar-refractivity contribution in [2.75, 3.05) is 5.32 Å². The van der Waals surface area contributed by atoms with E-state index in [4.69, 9.17) is 26.2 Å². The van der Waals surface area contributed by atoms with E-state index in [9.17, 15) is 0 Å². The van der Waals surface area contributed by atoms with Gasteiger partial charge in [0.2, 0.25) is 5.89 Å². The lowest BCUT2D eigenvalue weighted by molar-refractivity contribution is 0.520. The van der Waals surface area contributed by atoms with Gasteiger partial charge >= 0.3 is 0 Å². The highest BCUT2D eigenvalue weighted by atomic mass is 35.5. The summed E-state index contributed by atoms with van der Waals surface area (Å²) >= 11 is 7.98. The molecule has 4 aromatic heterocycles. The quantitative estimate of drug-likeness (QED) is 0.440. The van der Waals surface area contributed by atoms with Gasteiger partial charge in [-0.1, -0.05) is 17.7 Å². The molecule has 4 rings (SSSR count). The number of furan rings is 1. The molecule has 4 heterocycles. The number of oxazole rings is 1. The predicted octanol–water partition coefficient (Wildman–Crippen LogP) is 5.01. The number of thiophene rings is 1. The van der Waals surface area contributed by atoms with Gasteiger partial charge in [-0.15, -0.1) is 11.3 Å². The minimum absolute atomic E-state index is 0.0848. The number of pyridine rings is 1. The summed E-state index contributed by atoms with van der Waals surface area (Å²) in [6.07, 6.45) is 2.14. The lowest BCUT2D eigenvalue weighted by atomic mass is 10.1. The van der Waals surface area contributed by atoms with Crippen LogP contribution >= 0.6 is 22.9 Å². The molecule has 0 aliphatic heterocycles. The third kappa shape index (κ3) is 3.71. The van der Waals surface area contributed by atoms with E-state index in [1.807, 2.05) is 25.3 Å². The molecule has 8 heteroatoms. The Morgan fingerprint density at radius 3 is 2.89 bits per heavy atom. The number of hydrogen-bond donors (Lipinski definition) is 2. The predicted molar refractivity (Wildman–Crippen MR) is 108 cm³/mol. The van der Waals surface area contributed by atoms with Crippen LogP contribution in [0.25, 0.3) is 22.6 Å². The van der Waals surface area contributed by atoms with Gasteiger partial charge in [-0.25, -0.2) is 9.97 Å². The van der Waals surface area contributed by atoms with Gasteiger partial charge in [0.25, 0.3) is 0 Å². The van der Waals surface area contributed by atoms with E-state index < -0.39 is 0 Å². The fourth-order valence-corrected chi connectivity index (χ4v) is 3.77. The normalized spacial score (nSPS) is 12.6. The Labute approximate surface area is 165 Å². The first-order valence-electron chi connectivity index (χ1n) is 8.57. The number of hydrogen-bond acceptors (Lipinski definition) is 7. The maximum atomic E-state index is 6.30. The third-order valence-corrected chi connectivity index (χ3v) is 5.13. The van der Waals surface area contributed by atoms with E-state index >= 15 is 0 Å². The summed E-state index contributed by atoms with van der Waals surface area (Å²) in [5.74, 6) is 1.15. The summed E-state index contributed by atoms with van der Waals surface area (Å²) in [7, 11) is 0. The van der Waals surface area contributed by atoms with E-state index in [2.05, 4.69) is 21.4 Å². The van der Waals surface area contributed by atoms with Crippen molar-refractivity contribution in [1.82, 2.24) is 9.97 Å². The average Bonchev–Trinajstić information content (AvgIpc) is 3.32. The molecule has 0 aliphatic carbocycles. The van der Waals surface area contributed by atoms with Crippen LogP contribution in [0.3, 0.4) is 0 Å². The van der Waals surface area contributed by atoms with Crippen LogP contribution in [0, 0.1) is 6.92 Å². The Balaban J connectivity index is 1.84. The number of nitrogens with two attached hydrogens (primary N) is 1. The number of halogens is 1. The van der Waals surface area contributed by atoms with Crippen molar-refractivity contribution in [2.45, 2.75) is 32.9 Å². The number of fused-ring (bicyclic) bond motifs is 1. The van der Waals surface area contributed by atoms with Crippen molar-refractivity contribution in [3.63, 3.8) is 0 Å². The second-order valence-electron chi connectivity index (χ2n) is 6.48. The van der Waals surface area contributed by atoms with Gasteiger partial charge < -0.3 is 19.9 Å². The maximum Gasteiger partial charge on any atom is 0.231 e. The molecule has 0 saturated heterocycles. The molecule has 3 N–H and O–H groups in total. The van der Waals surface area contributed by atoms with Crippen molar-refractivity contribution >= 4 is 39.7 Å². The molecule has 0 spiro atoms. The first-order chi connectivity index (χ1) is 13.0. The Morgan fingerprint density at radius 1 is 1.37 bits per heavy atom. The summed E-state index contributed by atoms with van der Waals surface area (Å²) < 4.78 is 11.8. The number of aryl methyl sites for hydroxylation is 1. The van der Waals surface area contributed by atoms with Crippen molar-refractivity contribution in [3.8, 4) is 11.5 Å². The lowest BCUT2D eigenvalue weighted by Gasteiger charge is -2.06. The molecular weight excluding hydrogens is 384 g/mol. The summed E-state index contributed by atoms with van der Waals surface area (Å²) in [6, 6.07) is 5.77. The topological polar surface area (TPSA) is 90.1 Å². The van der Waals surface area contributed by atoms with Gasteiger partial charge in [0.1, 0.15) is 28.3 Å². The zero-order valence-corrected chi connectivity index (χ0v) is 16.5. The van der Waals surface area contributed by atoms with Crippen molar-refractivity contribution in [2.24, 2.45) is 5.73 Å². The van der Waals surface area contributed by atoms with Crippen LogP contribution in [0.1, 0.15) is 23.3 Å². The SMILES string of the molecule is Cc1coc(-c2c(C[C@H](C)N)oc3c(NCc4cccs4)cc(Cl)nc23)n1. The smallest absolute Gasteiger partial charge is 0.231 e. The minimum Gasteiger partial charge on any atom is -0.456 e. The van der Waals surface area contributed by atoms with Crippen LogP contribution in [-0.4, -0.2) is 16.0 Å². The number of rotatable bonds is 6. The van der Waals surface area contributed by atoms with E-state index in [0.29, 0.717) is 46.4 Å². The highest BCUT2D eigenvalue weighted by molar-refractivity contribution is 7.09. The minimum atomic E-state index is -0.0848. The van der Waals surface area contributed by atoms with Crippen LogP contribution in [0.5, 0.6) is 0 Å². The Kier molecular flexibility index (Phi) is 4.90. The maximum absolute atomic E-state index is 6.30. The lowest BCUT2D eigenvalue weighted by Crippen LogP contribution is -2.17. The Morgan fingerprint density at radius 2 is 2.22 bits per heavy atom. The second-order valence-corrected chi connectivity index (χ2v) is 7.90. The number of anilines is 1. The highest BCUT2D eigenvalue weighted by Gasteiger charge is 2.24. The van der Waals surface area contributed by atoms with Crippen LogP contribution in [0.4, 0.5) is 5.69 Å². The molecule has 0 amide bonds. The van der Waals surface area contributed by atoms with Crippen LogP contribution in [-0.2, 0) is 13.0 Å². The van der Waals surface area contributed by atoms with Crippen LogP contribution in [0.15, 0.2) is 38.7 Å². The molecule has 0 bridgehead atoms. The number of nitrogens with one attached hydrogen (secondary N) is 1. The van der Waals surface area contributed by atoms with Crippen LogP contribution < -0.4 is 11.1 Å². The number of aromatic nitrogens is 2. The summed E-state index contributed by atoms with van der Waals surface area (Å²) in [6.45, 7) is 4.47. The molecule has 0 unspecified atom stereocenters. The second kappa shape index (κ2) is 7.34. The van der Waals surface area contributed by atoms with E-state index in [0.717, 1.165) is 11.4 Å². The summed E-state index contributed by atoms with van der Waals surface area (Å²) in [5.41, 5.74) is 9.52. The van der Waals surface area contributed by atoms with Gasteiger partial charge in [0.15, 0.2) is 5.58 Å². The van der Waals surface area contributed by atoms with Gasteiger partial charge in [-0.2, -0.15) is 0 Å². The molecule has 0 saturated carbocycles. The fourth-order valence-electron chi connectivity index (χ4n) is 2.93. The van der Waals surface area contributed by atoms with Gasteiger partial charge in [-0.3, -0.25) is 0 Å². The van der Waals surface area contributed by atoms with E-state index in [-0.39, 0.29) is 6.04 Å². The molecule has 0 fully saturated rings. The largest absolute Gasteiger partial charge is 0.456 e. The zero-order chi connectivity index (χ0) is 19.0. The van der Waals surface area contributed by atoms with Gasteiger partial charge in [-0.05, 0) is 25.3 Å². The van der Waals surface area contributed by atoms with Gasteiger partial charge in [0.05, 0.1) is 11.4 Å². The van der Waals surface area contributed by atoms with E-state index in [1.165, 1.54) is 4.88 Å².